The molecule has 0 aromatic carbocycles. The van der Waals surface area contributed by atoms with Gasteiger partial charge in [0.25, 0.3) is 0 Å². The van der Waals surface area contributed by atoms with Crippen molar-refractivity contribution in [3.63, 3.8) is 0 Å². The molecule has 2 rings (SSSR count). The number of Topliss-reactive ketones (excluding diaryl/α,β-unsaturated/α-hetero) is 1. The van der Waals surface area contributed by atoms with E-state index in [9.17, 15) is 79.8 Å². The van der Waals surface area contributed by atoms with E-state index >= 15 is 0 Å². The largest absolute Gasteiger partial charge is 0.463 e. The normalized spacial score (nSPS) is 23.8. The molecule has 10 atom stereocenters. The fraction of sp³-hybridized carbons (Fsp3) is 0.829. The SMILES string of the molecule is CNC(CO)[C@H]1OC(O)[C@H](O[C@H]2O[C@H](COC(=O)CCC(=O)N(O)CCCCCNC(=O)CCC(=O)N(O)CCCCCNC(=O)CCC(=O)N(O)CCCCCO)[C@@H](O)[C@H](O)C2=O)[C@@H](O)[C@@H]1O.[Fe]. The molecule has 2 aliphatic heterocycles. The molecule has 2 unspecified atom stereocenters. The summed E-state index contributed by atoms with van der Waals surface area (Å²) >= 11 is 0. The quantitative estimate of drug-likeness (QED) is 0.00972. The average molecular weight is 1040 g/mol. The number of carbonyl (C=O) groups is 7. The molecule has 2 aliphatic rings. The number of nitrogens with zero attached hydrogens (tertiary/aromatic N) is 3. The monoisotopic (exact) mass is 1040 g/mol. The van der Waals surface area contributed by atoms with Gasteiger partial charge in [0.05, 0.1) is 19.1 Å². The molecular formula is C41H72FeN6O21. The number of ketones is 1. The van der Waals surface area contributed by atoms with E-state index < -0.39 is 123 Å². The van der Waals surface area contributed by atoms with Crippen molar-refractivity contribution in [2.45, 2.75) is 158 Å². The van der Waals surface area contributed by atoms with Crippen LogP contribution in [-0.2, 0) is 69.6 Å². The van der Waals surface area contributed by atoms with Gasteiger partial charge in [-0.3, -0.25) is 49.2 Å². The Morgan fingerprint density at radius 2 is 1.12 bits per heavy atom. The van der Waals surface area contributed by atoms with Gasteiger partial charge in [-0.05, 0) is 64.8 Å². The minimum atomic E-state index is -2.11. The van der Waals surface area contributed by atoms with Crippen molar-refractivity contribution in [2.24, 2.45) is 0 Å². The summed E-state index contributed by atoms with van der Waals surface area (Å²) in [7, 11) is 1.44. The van der Waals surface area contributed by atoms with Crippen LogP contribution in [0.15, 0.2) is 0 Å². The summed E-state index contributed by atoms with van der Waals surface area (Å²) in [5.41, 5.74) is 0. The molecule has 13 N–H and O–H groups in total. The molecular weight excluding hydrogens is 968 g/mol. The first kappa shape index (κ1) is 63.5. The number of ether oxygens (including phenoxy) is 4. The van der Waals surface area contributed by atoms with Crippen molar-refractivity contribution in [3.05, 3.63) is 0 Å². The molecule has 2 saturated heterocycles. The zero-order valence-electron chi connectivity index (χ0n) is 38.7. The number of unbranched alkanes of at least 4 members (excludes halogenated alkanes) is 6. The fourth-order valence-corrected chi connectivity index (χ4v) is 6.88. The zero-order chi connectivity index (χ0) is 50.8. The molecule has 2 fully saturated rings. The topological polar surface area (TPSA) is 405 Å². The second-order valence-electron chi connectivity index (χ2n) is 16.3. The molecule has 400 valence electrons. The number of hydrogen-bond acceptors (Lipinski definition) is 22. The minimum absolute atomic E-state index is 0. The van der Waals surface area contributed by atoms with Crippen molar-refractivity contribution in [1.29, 1.82) is 0 Å². The standard InChI is InChI=1S/C41H72N6O21.Fe/c1-42-25(23-49)38-35(58)36(59)39(40(61)67-38)68-41-37(60)34(57)33(56)26(66-41)24-65-32(55)16-15-31(54)47(64)20-8-3-6-18-44-27(50)11-13-29(52)45(62)19-7-2-5-17-43-28(51)12-14-30(53)46(63)21-9-4-10-22-48;/h25-26,33-36,38-42,48-49,56-59,61-64H,2-24H2,1H3,(H,43,51)(H,44,50);/t25?,26-,33-,34+,35+,36+,38-,39-,40?,41-;/m1./s1. The summed E-state index contributed by atoms with van der Waals surface area (Å²) in [6.45, 7) is -0.635. The van der Waals surface area contributed by atoms with Crippen molar-refractivity contribution in [1.82, 2.24) is 31.1 Å². The Bertz CT molecular complexity index is 1570. The van der Waals surface area contributed by atoms with Gasteiger partial charge in [0.15, 0.2) is 6.29 Å². The number of aliphatic hydroxyl groups is 7. The third-order valence-corrected chi connectivity index (χ3v) is 11.1. The van der Waals surface area contributed by atoms with E-state index in [2.05, 4.69) is 16.0 Å². The Morgan fingerprint density at radius 1 is 0.638 bits per heavy atom. The molecule has 28 heteroatoms. The summed E-state index contributed by atoms with van der Waals surface area (Å²) < 4.78 is 21.0. The Hall–Kier alpha value is -3.55. The van der Waals surface area contributed by atoms with E-state index in [0.29, 0.717) is 79.5 Å². The first-order chi connectivity index (χ1) is 32.4. The van der Waals surface area contributed by atoms with Crippen LogP contribution in [0.3, 0.4) is 0 Å². The van der Waals surface area contributed by atoms with Crippen LogP contribution < -0.4 is 16.0 Å². The summed E-state index contributed by atoms with van der Waals surface area (Å²) in [5, 5.41) is 110. The van der Waals surface area contributed by atoms with Crippen molar-refractivity contribution < 1.29 is 121 Å². The molecule has 0 aromatic rings. The van der Waals surface area contributed by atoms with Gasteiger partial charge in [-0.2, -0.15) is 0 Å². The zero-order valence-corrected chi connectivity index (χ0v) is 39.8. The van der Waals surface area contributed by atoms with Gasteiger partial charge in [-0.15, -0.1) is 0 Å². The molecule has 0 aliphatic carbocycles. The average Bonchev–Trinajstić information content (AvgIpc) is 3.32. The number of hydroxylamine groups is 6. The van der Waals surface area contributed by atoms with Gasteiger partial charge in [-0.1, -0.05) is 0 Å². The predicted octanol–water partition coefficient (Wildman–Crippen LogP) is -4.32. The van der Waals surface area contributed by atoms with Crippen LogP contribution in [0.25, 0.3) is 0 Å². The van der Waals surface area contributed by atoms with Gasteiger partial charge in [0.1, 0.15) is 49.3 Å². The summed E-state index contributed by atoms with van der Waals surface area (Å²) in [6.07, 6.45) is -13.3. The van der Waals surface area contributed by atoms with Crippen LogP contribution in [0.2, 0.25) is 0 Å². The molecule has 0 spiro atoms. The Kier molecular flexibility index (Phi) is 31.9. The second kappa shape index (κ2) is 34.7. The second-order valence-corrected chi connectivity index (χ2v) is 16.3. The number of carbonyl (C=O) groups excluding carboxylic acids is 7. The van der Waals surface area contributed by atoms with Gasteiger partial charge in [-0.25, -0.2) is 15.2 Å². The smallest absolute Gasteiger partial charge is 0.306 e. The van der Waals surface area contributed by atoms with Crippen LogP contribution in [0.5, 0.6) is 0 Å². The number of likely N-dealkylation sites (N-methyl/N-ethyl adjacent to an activating group) is 1. The van der Waals surface area contributed by atoms with E-state index in [-0.39, 0.29) is 81.4 Å². The number of aliphatic hydroxyl groups excluding tert-OH is 7. The number of amides is 5. The molecule has 0 aromatic heterocycles. The van der Waals surface area contributed by atoms with Crippen molar-refractivity contribution >= 4 is 41.3 Å². The van der Waals surface area contributed by atoms with Crippen LogP contribution in [0.4, 0.5) is 0 Å². The number of hydrogen-bond donors (Lipinski definition) is 13. The molecule has 0 radical (unpaired) electrons. The third kappa shape index (κ3) is 23.0. The molecule has 69 heavy (non-hydrogen) atoms. The van der Waals surface area contributed by atoms with Crippen molar-refractivity contribution in [2.75, 3.05) is 59.6 Å². The first-order valence-corrected chi connectivity index (χ1v) is 22.8. The predicted molar refractivity (Wildman–Crippen MR) is 227 cm³/mol. The van der Waals surface area contributed by atoms with E-state index in [1.54, 1.807) is 0 Å². The van der Waals surface area contributed by atoms with Crippen LogP contribution in [0.1, 0.15) is 96.3 Å². The third-order valence-electron chi connectivity index (χ3n) is 11.1. The minimum Gasteiger partial charge on any atom is -0.463 e. The van der Waals surface area contributed by atoms with Gasteiger partial charge < -0.3 is 70.6 Å². The first-order valence-electron chi connectivity index (χ1n) is 22.8. The maximum atomic E-state index is 12.6. The van der Waals surface area contributed by atoms with Gasteiger partial charge in [0, 0.05) is 88.5 Å². The van der Waals surface area contributed by atoms with E-state index in [1.165, 1.54) is 7.05 Å². The number of esters is 1. The Balaban J connectivity index is 0.0000238. The Labute approximate surface area is 409 Å². The van der Waals surface area contributed by atoms with Crippen LogP contribution in [0, 0.1) is 0 Å². The number of nitrogens with one attached hydrogen (secondary N) is 3. The fourth-order valence-electron chi connectivity index (χ4n) is 6.88. The number of rotatable bonds is 33. The van der Waals surface area contributed by atoms with E-state index in [0.717, 1.165) is 0 Å². The summed E-state index contributed by atoms with van der Waals surface area (Å²) in [4.78, 5) is 85.7. The maximum absolute atomic E-state index is 12.6. The summed E-state index contributed by atoms with van der Waals surface area (Å²) in [5.74, 6) is -5.00. The summed E-state index contributed by atoms with van der Waals surface area (Å²) in [6, 6.07) is -0.901. The molecule has 0 saturated carbocycles. The van der Waals surface area contributed by atoms with Gasteiger partial charge >= 0.3 is 5.97 Å². The maximum Gasteiger partial charge on any atom is 0.306 e. The van der Waals surface area contributed by atoms with E-state index in [1.807, 2.05) is 0 Å². The molecule has 2 heterocycles. The van der Waals surface area contributed by atoms with Gasteiger partial charge in [0.2, 0.25) is 41.6 Å². The van der Waals surface area contributed by atoms with Crippen molar-refractivity contribution in [3.8, 4) is 0 Å². The van der Waals surface area contributed by atoms with E-state index in [4.69, 9.17) is 24.1 Å². The Morgan fingerprint density at radius 3 is 1.58 bits per heavy atom. The van der Waals surface area contributed by atoms with Crippen LogP contribution in [-0.4, -0.2) is 229 Å². The molecule has 27 nitrogen and oxygen atoms in total. The van der Waals surface area contributed by atoms with Crippen LogP contribution >= 0.6 is 0 Å². The molecule has 5 amide bonds. The molecule has 0 bridgehead atoms.